The van der Waals surface area contributed by atoms with Crippen molar-refractivity contribution in [3.8, 4) is 0 Å². The van der Waals surface area contributed by atoms with E-state index in [2.05, 4.69) is 4.90 Å². The highest BCUT2D eigenvalue weighted by Gasteiger charge is 2.31. The molecule has 1 saturated heterocycles. The number of hydrogen-bond donors (Lipinski definition) is 0. The third kappa shape index (κ3) is 3.70. The lowest BCUT2D eigenvalue weighted by molar-refractivity contribution is -0.142. The minimum absolute atomic E-state index is 0.297. The lowest BCUT2D eigenvalue weighted by Gasteiger charge is -2.24. The van der Waals surface area contributed by atoms with Crippen LogP contribution in [0.1, 0.15) is 46.0 Å². The summed E-state index contributed by atoms with van der Waals surface area (Å²) in [5.41, 5.74) is 1.74. The van der Waals surface area contributed by atoms with Gasteiger partial charge in [0, 0.05) is 18.8 Å². The summed E-state index contributed by atoms with van der Waals surface area (Å²) in [5.74, 6) is -0.838. The molecular weight excluding hydrogens is 282 g/mol. The van der Waals surface area contributed by atoms with Crippen LogP contribution in [-0.2, 0) is 19.1 Å². The maximum Gasteiger partial charge on any atom is 0.340 e. The molecule has 0 amide bonds. The summed E-state index contributed by atoms with van der Waals surface area (Å²) in [6, 6.07) is 0. The summed E-state index contributed by atoms with van der Waals surface area (Å²) in [6.07, 6.45) is 6.57. The average Bonchev–Trinajstić information content (AvgIpc) is 2.93. The van der Waals surface area contributed by atoms with E-state index in [1.165, 1.54) is 0 Å². The topological polar surface area (TPSA) is 55.8 Å². The molecule has 1 heterocycles. The Morgan fingerprint density at radius 2 is 1.68 bits per heavy atom. The molecule has 0 atom stereocenters. The molecule has 0 bridgehead atoms. The fourth-order valence-electron chi connectivity index (χ4n) is 3.03. The van der Waals surface area contributed by atoms with Crippen molar-refractivity contribution in [2.24, 2.45) is 0 Å². The quantitative estimate of drug-likeness (QED) is 0.731. The van der Waals surface area contributed by atoms with Gasteiger partial charge in [0.2, 0.25) is 0 Å². The number of carbonyl (C=O) groups is 2. The molecule has 0 saturated carbocycles. The molecule has 2 aliphatic rings. The van der Waals surface area contributed by atoms with Gasteiger partial charge in [-0.15, -0.1) is 0 Å². The zero-order chi connectivity index (χ0) is 15.9. The Kier molecular flexibility index (Phi) is 6.04. The van der Waals surface area contributed by atoms with Crippen LogP contribution in [0.15, 0.2) is 22.9 Å². The van der Waals surface area contributed by atoms with Crippen LogP contribution in [0.2, 0.25) is 0 Å². The van der Waals surface area contributed by atoms with Gasteiger partial charge in [-0.1, -0.05) is 6.08 Å². The average molecular weight is 307 g/mol. The summed E-state index contributed by atoms with van der Waals surface area (Å²) in [4.78, 5) is 27.0. The lowest BCUT2D eigenvalue weighted by atomic mass is 10.0. The van der Waals surface area contributed by atoms with Gasteiger partial charge >= 0.3 is 11.9 Å². The zero-order valence-corrected chi connectivity index (χ0v) is 13.5. The highest BCUT2D eigenvalue weighted by molar-refractivity contribution is 6.07. The molecule has 22 heavy (non-hydrogen) atoms. The Hall–Kier alpha value is -1.78. The number of carbonyl (C=O) groups excluding carboxylic acids is 2. The van der Waals surface area contributed by atoms with E-state index >= 15 is 0 Å². The van der Waals surface area contributed by atoms with Crippen LogP contribution in [0.25, 0.3) is 0 Å². The predicted molar refractivity (Wildman–Crippen MR) is 83.0 cm³/mol. The normalized spacial score (nSPS) is 18.8. The van der Waals surface area contributed by atoms with Crippen LogP contribution in [-0.4, -0.2) is 43.1 Å². The van der Waals surface area contributed by atoms with Crippen LogP contribution in [0.3, 0.4) is 0 Å². The molecule has 122 valence electrons. The molecule has 0 aromatic rings. The highest BCUT2D eigenvalue weighted by Crippen LogP contribution is 2.31. The van der Waals surface area contributed by atoms with Crippen LogP contribution in [0.5, 0.6) is 0 Å². The maximum absolute atomic E-state index is 12.5. The summed E-state index contributed by atoms with van der Waals surface area (Å²) >= 11 is 0. The van der Waals surface area contributed by atoms with Crippen LogP contribution < -0.4 is 0 Å². The van der Waals surface area contributed by atoms with E-state index < -0.39 is 11.9 Å². The van der Waals surface area contributed by atoms with E-state index in [1.54, 1.807) is 13.8 Å². The molecule has 0 spiro atoms. The van der Waals surface area contributed by atoms with Crippen molar-refractivity contribution in [2.75, 3.05) is 26.3 Å². The summed E-state index contributed by atoms with van der Waals surface area (Å²) < 4.78 is 10.4. The molecule has 2 rings (SSSR count). The second-order valence-corrected chi connectivity index (χ2v) is 5.47. The number of ether oxygens (including phenoxy) is 2. The third-order valence-corrected chi connectivity index (χ3v) is 3.99. The van der Waals surface area contributed by atoms with E-state index in [0.717, 1.165) is 50.9 Å². The minimum atomic E-state index is -0.427. The standard InChI is InChI=1S/C17H25NO4/c1-3-21-16(19)13-9-5-6-10-14(18-11-7-8-12-18)15(13)17(20)22-4-2/h9H,3-8,10-12H2,1-2H3. The van der Waals surface area contributed by atoms with Crippen molar-refractivity contribution in [1.29, 1.82) is 0 Å². The molecule has 0 N–H and O–H groups in total. The fraction of sp³-hybridized carbons (Fsp3) is 0.647. The van der Waals surface area contributed by atoms with E-state index in [9.17, 15) is 9.59 Å². The number of allylic oxidation sites excluding steroid dienone is 2. The second-order valence-electron chi connectivity index (χ2n) is 5.47. The maximum atomic E-state index is 12.5. The number of rotatable bonds is 5. The molecule has 5 nitrogen and oxygen atoms in total. The van der Waals surface area contributed by atoms with Crippen molar-refractivity contribution in [3.63, 3.8) is 0 Å². The summed E-state index contributed by atoms with van der Waals surface area (Å²) in [7, 11) is 0. The van der Waals surface area contributed by atoms with Gasteiger partial charge in [-0.2, -0.15) is 0 Å². The summed E-state index contributed by atoms with van der Waals surface area (Å²) in [6.45, 7) is 6.02. The number of nitrogens with zero attached hydrogens (tertiary/aromatic N) is 1. The molecular formula is C17H25NO4. The monoisotopic (exact) mass is 307 g/mol. The Balaban J connectivity index is 2.43. The lowest BCUT2D eigenvalue weighted by Crippen LogP contribution is -2.26. The molecule has 0 aromatic carbocycles. The zero-order valence-electron chi connectivity index (χ0n) is 13.5. The minimum Gasteiger partial charge on any atom is -0.462 e. The Bertz CT molecular complexity index is 487. The van der Waals surface area contributed by atoms with Crippen molar-refractivity contribution in [3.05, 3.63) is 22.9 Å². The van der Waals surface area contributed by atoms with Gasteiger partial charge in [-0.3, -0.25) is 0 Å². The second kappa shape index (κ2) is 8.01. The highest BCUT2D eigenvalue weighted by atomic mass is 16.5. The van der Waals surface area contributed by atoms with E-state index in [4.69, 9.17) is 9.47 Å². The Labute approximate surface area is 131 Å². The molecule has 0 radical (unpaired) electrons. The molecule has 1 aliphatic heterocycles. The number of hydrogen-bond acceptors (Lipinski definition) is 5. The first-order valence-electron chi connectivity index (χ1n) is 8.21. The molecule has 5 heteroatoms. The first kappa shape index (κ1) is 16.6. The SMILES string of the molecule is CCOC(=O)C1=CCCCC(N2CCCC2)=C1C(=O)OCC. The van der Waals surface area contributed by atoms with Gasteiger partial charge in [-0.05, 0) is 46.0 Å². The van der Waals surface area contributed by atoms with Crippen LogP contribution in [0, 0.1) is 0 Å². The van der Waals surface area contributed by atoms with Crippen LogP contribution in [0.4, 0.5) is 0 Å². The molecule has 1 fully saturated rings. The van der Waals surface area contributed by atoms with E-state index in [1.807, 2.05) is 6.08 Å². The third-order valence-electron chi connectivity index (χ3n) is 3.99. The molecule has 1 aliphatic carbocycles. The predicted octanol–water partition coefficient (Wildman–Crippen LogP) is 2.57. The first-order valence-corrected chi connectivity index (χ1v) is 8.21. The number of esters is 2. The van der Waals surface area contributed by atoms with Crippen LogP contribution >= 0.6 is 0 Å². The van der Waals surface area contributed by atoms with Crippen molar-refractivity contribution >= 4 is 11.9 Å². The van der Waals surface area contributed by atoms with Gasteiger partial charge in [0.1, 0.15) is 0 Å². The Morgan fingerprint density at radius 3 is 2.32 bits per heavy atom. The summed E-state index contributed by atoms with van der Waals surface area (Å²) in [5, 5.41) is 0. The van der Waals surface area contributed by atoms with Gasteiger partial charge in [0.25, 0.3) is 0 Å². The largest absolute Gasteiger partial charge is 0.462 e. The smallest absolute Gasteiger partial charge is 0.340 e. The van der Waals surface area contributed by atoms with Crippen molar-refractivity contribution in [1.82, 2.24) is 4.90 Å². The number of likely N-dealkylation sites (tertiary alicyclic amines) is 1. The molecule has 0 unspecified atom stereocenters. The van der Waals surface area contributed by atoms with Gasteiger partial charge < -0.3 is 14.4 Å². The Morgan fingerprint density at radius 1 is 1.05 bits per heavy atom. The van der Waals surface area contributed by atoms with E-state index in [0.29, 0.717) is 24.4 Å². The van der Waals surface area contributed by atoms with Crippen molar-refractivity contribution < 1.29 is 19.1 Å². The fourth-order valence-corrected chi connectivity index (χ4v) is 3.03. The first-order chi connectivity index (χ1) is 10.7. The molecule has 0 aromatic heterocycles. The van der Waals surface area contributed by atoms with E-state index in [-0.39, 0.29) is 0 Å². The van der Waals surface area contributed by atoms with Gasteiger partial charge in [0.05, 0.1) is 24.4 Å². The van der Waals surface area contributed by atoms with Gasteiger partial charge in [-0.25, -0.2) is 9.59 Å². The van der Waals surface area contributed by atoms with Crippen molar-refractivity contribution in [2.45, 2.75) is 46.0 Å². The van der Waals surface area contributed by atoms with Gasteiger partial charge in [0.15, 0.2) is 0 Å².